The van der Waals surface area contributed by atoms with Gasteiger partial charge >= 0.3 is 0 Å². The molecule has 0 bridgehead atoms. The summed E-state index contributed by atoms with van der Waals surface area (Å²) in [6.07, 6.45) is 6.04. The van der Waals surface area contributed by atoms with E-state index in [1.165, 1.54) is 38.4 Å². The first-order valence-electron chi connectivity index (χ1n) is 15.6. The molecule has 11 nitrogen and oxygen atoms in total. The lowest BCUT2D eigenvalue weighted by atomic mass is 10.0. The summed E-state index contributed by atoms with van der Waals surface area (Å²) in [5.74, 6) is -0.949. The van der Waals surface area contributed by atoms with E-state index < -0.39 is 11.6 Å². The lowest BCUT2D eigenvalue weighted by Gasteiger charge is -2.20. The van der Waals surface area contributed by atoms with Crippen molar-refractivity contribution in [3.63, 3.8) is 0 Å². The molecule has 2 aromatic rings. The van der Waals surface area contributed by atoms with Crippen LogP contribution in [-0.4, -0.2) is 75.6 Å². The number of aliphatic imine (C=N–C) groups is 1. The van der Waals surface area contributed by atoms with E-state index in [0.29, 0.717) is 35.7 Å². The summed E-state index contributed by atoms with van der Waals surface area (Å²) in [7, 11) is 6.28. The quantitative estimate of drug-likeness (QED) is 0.132. The smallest absolute Gasteiger partial charge is 0.271 e. The minimum absolute atomic E-state index is 0.0298. The third-order valence-electron chi connectivity index (χ3n) is 6.76. The van der Waals surface area contributed by atoms with Crippen molar-refractivity contribution in [1.29, 1.82) is 5.41 Å². The van der Waals surface area contributed by atoms with E-state index in [0.717, 1.165) is 28.2 Å². The number of carbonyl (C=O) groups is 3. The second-order valence-electron chi connectivity index (χ2n) is 10.9. The first kappa shape index (κ1) is 39.5. The molecular weight excluding hydrogens is 628 g/mol. The number of amidine groups is 1. The minimum Gasteiger partial charge on any atom is -0.494 e. The van der Waals surface area contributed by atoms with E-state index >= 15 is 0 Å². The summed E-state index contributed by atoms with van der Waals surface area (Å²) in [6, 6.07) is 12.5. The number of nitrogens with two attached hydrogens (primary N) is 1. The molecule has 3 rings (SSSR count). The molecule has 48 heavy (non-hydrogen) atoms. The van der Waals surface area contributed by atoms with Crippen molar-refractivity contribution in [2.75, 3.05) is 46.8 Å². The number of likely N-dealkylation sites (N-methyl/N-ethyl adjacent to an activating group) is 1. The molecule has 0 heterocycles. The number of amides is 3. The Morgan fingerprint density at radius 2 is 1.79 bits per heavy atom. The number of rotatable bonds is 15. The molecule has 0 spiro atoms. The van der Waals surface area contributed by atoms with Crippen molar-refractivity contribution in [2.45, 2.75) is 40.0 Å². The average molecular weight is 677 g/mol. The first-order valence-corrected chi connectivity index (χ1v) is 16.5. The van der Waals surface area contributed by atoms with Gasteiger partial charge in [0.25, 0.3) is 17.7 Å². The molecule has 2 aromatic carbocycles. The molecule has 0 saturated heterocycles. The van der Waals surface area contributed by atoms with Crippen molar-refractivity contribution in [1.82, 2.24) is 10.2 Å². The van der Waals surface area contributed by atoms with Crippen LogP contribution in [0.4, 0.5) is 5.69 Å². The molecular formula is C36H48N6O5S. The maximum atomic E-state index is 13.1. The maximum Gasteiger partial charge on any atom is 0.271 e. The number of thioether (sulfide) groups is 1. The highest BCUT2D eigenvalue weighted by atomic mass is 32.2. The number of nitrogens with zero attached hydrogens (tertiary/aromatic N) is 2. The number of nitrogens with one attached hydrogen (secondary N) is 3. The van der Waals surface area contributed by atoms with E-state index in [1.807, 2.05) is 31.2 Å². The molecule has 0 radical (unpaired) electrons. The van der Waals surface area contributed by atoms with Gasteiger partial charge in [-0.05, 0) is 43.5 Å². The fourth-order valence-electron chi connectivity index (χ4n) is 4.26. The maximum absolute atomic E-state index is 13.1. The van der Waals surface area contributed by atoms with E-state index in [-0.39, 0.29) is 29.3 Å². The number of methoxy groups -OCH3 is 2. The van der Waals surface area contributed by atoms with Crippen molar-refractivity contribution in [2.24, 2.45) is 16.6 Å². The van der Waals surface area contributed by atoms with Crippen LogP contribution in [0.1, 0.15) is 50.4 Å². The predicted molar refractivity (Wildman–Crippen MR) is 197 cm³/mol. The minimum atomic E-state index is -0.658. The Kier molecular flexibility index (Phi) is 16.3. The highest BCUT2D eigenvalue weighted by Crippen LogP contribution is 2.37. The first-order chi connectivity index (χ1) is 22.9. The van der Waals surface area contributed by atoms with Crippen LogP contribution in [0.25, 0.3) is 11.1 Å². The van der Waals surface area contributed by atoms with Gasteiger partial charge in [0.2, 0.25) is 0 Å². The zero-order chi connectivity index (χ0) is 35.8. The molecule has 1 saturated carbocycles. The fraction of sp³-hybridized carbons (Fsp3) is 0.361. The second kappa shape index (κ2) is 19.9. The number of hydrogen-bond donors (Lipinski definition) is 4. The molecule has 0 aromatic heterocycles. The van der Waals surface area contributed by atoms with Gasteiger partial charge < -0.3 is 30.7 Å². The van der Waals surface area contributed by atoms with Crippen LogP contribution in [-0.2, 0) is 14.3 Å². The monoisotopic (exact) mass is 676 g/mol. The van der Waals surface area contributed by atoms with Crippen LogP contribution in [0, 0.1) is 11.3 Å². The van der Waals surface area contributed by atoms with Gasteiger partial charge in [-0.1, -0.05) is 69.0 Å². The Labute approximate surface area is 288 Å². The number of ether oxygens (including phenoxy) is 2. The molecule has 0 unspecified atom stereocenters. The van der Waals surface area contributed by atoms with E-state index in [1.54, 1.807) is 43.3 Å². The molecule has 1 fully saturated rings. The second-order valence-corrected chi connectivity index (χ2v) is 12.3. The van der Waals surface area contributed by atoms with Crippen LogP contribution in [0.3, 0.4) is 0 Å². The van der Waals surface area contributed by atoms with Crippen LogP contribution < -0.4 is 21.1 Å². The highest BCUT2D eigenvalue weighted by Gasteiger charge is 2.29. The van der Waals surface area contributed by atoms with Gasteiger partial charge in [-0.3, -0.25) is 19.8 Å². The third kappa shape index (κ3) is 11.8. The lowest BCUT2D eigenvalue weighted by molar-refractivity contribution is -0.119. The van der Waals surface area contributed by atoms with Crippen molar-refractivity contribution in [3.05, 3.63) is 82.3 Å². The molecule has 1 aliphatic rings. The Hall–Kier alpha value is -4.68. The Balaban J connectivity index is 0.00000257. The molecule has 1 aliphatic carbocycles. The van der Waals surface area contributed by atoms with E-state index in [4.69, 9.17) is 20.6 Å². The lowest BCUT2D eigenvalue weighted by Crippen LogP contribution is -2.31. The van der Waals surface area contributed by atoms with Crippen LogP contribution in [0.5, 0.6) is 5.75 Å². The molecule has 5 N–H and O–H groups in total. The van der Waals surface area contributed by atoms with E-state index in [2.05, 4.69) is 36.1 Å². The number of anilines is 1. The van der Waals surface area contributed by atoms with Gasteiger partial charge in [-0.25, -0.2) is 0 Å². The zero-order valence-corrected chi connectivity index (χ0v) is 29.8. The molecule has 0 aliphatic heterocycles. The average Bonchev–Trinajstić information content (AvgIpc) is 3.93. The van der Waals surface area contributed by atoms with Gasteiger partial charge in [0.1, 0.15) is 17.3 Å². The summed E-state index contributed by atoms with van der Waals surface area (Å²) in [4.78, 5) is 45.0. The molecule has 3 amide bonds. The summed E-state index contributed by atoms with van der Waals surface area (Å²) in [5, 5.41) is 13.9. The van der Waals surface area contributed by atoms with Gasteiger partial charge in [0.05, 0.1) is 31.6 Å². The zero-order valence-electron chi connectivity index (χ0n) is 28.9. The topological polar surface area (TPSA) is 159 Å². The number of allylic oxidation sites excluding steroid dienone is 1. The van der Waals surface area contributed by atoms with Crippen molar-refractivity contribution < 1.29 is 23.9 Å². The van der Waals surface area contributed by atoms with Gasteiger partial charge in [0.15, 0.2) is 0 Å². The van der Waals surface area contributed by atoms with Crippen molar-refractivity contribution >= 4 is 46.7 Å². The third-order valence-corrected chi connectivity index (χ3v) is 7.79. The molecule has 258 valence electrons. The Morgan fingerprint density at radius 3 is 2.33 bits per heavy atom. The Morgan fingerprint density at radius 1 is 1.15 bits per heavy atom. The molecule has 12 heteroatoms. The summed E-state index contributed by atoms with van der Waals surface area (Å²) >= 11 is 1.49. The molecule has 0 atom stereocenters. The largest absolute Gasteiger partial charge is 0.494 e. The SMILES string of the molecule is C=C(CN(C)C(=O)c1ccc(-c2cccc(N/C(=C/C(N)=NC(=O)C3CC3)C(=N)C(=O)NC)c2OC)cc1)S/C(=C\C)COC.CCC. The number of para-hydroxylation sites is 1. The summed E-state index contributed by atoms with van der Waals surface area (Å²) in [5.41, 5.74) is 8.05. The highest BCUT2D eigenvalue weighted by molar-refractivity contribution is 8.06. The summed E-state index contributed by atoms with van der Waals surface area (Å²) in [6.45, 7) is 11.1. The number of benzene rings is 2. The van der Waals surface area contributed by atoms with E-state index in [9.17, 15) is 14.4 Å². The van der Waals surface area contributed by atoms with Crippen LogP contribution in [0.15, 0.2) is 81.7 Å². The fourth-order valence-corrected chi connectivity index (χ4v) is 5.18. The number of hydrogen-bond acceptors (Lipinski definition) is 8. The van der Waals surface area contributed by atoms with Gasteiger partial charge in [0, 0.05) is 54.1 Å². The van der Waals surface area contributed by atoms with Crippen LogP contribution >= 0.6 is 11.8 Å². The normalized spacial score (nSPS) is 13.1. The number of carbonyl (C=O) groups excluding carboxylic acids is 3. The van der Waals surface area contributed by atoms with Crippen molar-refractivity contribution in [3.8, 4) is 16.9 Å². The summed E-state index contributed by atoms with van der Waals surface area (Å²) < 4.78 is 10.9. The predicted octanol–water partition coefficient (Wildman–Crippen LogP) is 6.00. The Bertz CT molecular complexity index is 1560. The standard InChI is InChI=1S/C33H40N6O5S.C3H8/c1-7-24(19-43-5)45-20(2)18-39(4)33(42)23-15-11-21(12-16-23)25-9-8-10-26(30(25)44-6)37-27(29(35)32(41)36-3)17-28(34)38-31(40)22-13-14-22;1-3-2/h7-12,15-17,22,35,37H,2,13-14,18-19H2,1,3-6H3,(H,36,41)(H2,34,38,40);3H2,1-2H3/b24-7-,27-17+,35-29?;. The van der Waals surface area contributed by atoms with Crippen LogP contribution in [0.2, 0.25) is 0 Å². The van der Waals surface area contributed by atoms with Gasteiger partial charge in [-0.15, -0.1) is 0 Å². The van der Waals surface area contributed by atoms with Gasteiger partial charge in [-0.2, -0.15) is 4.99 Å².